The van der Waals surface area contributed by atoms with Gasteiger partial charge in [0.15, 0.2) is 0 Å². The molecule has 0 saturated carbocycles. The molecule has 0 fully saturated rings. The van der Waals surface area contributed by atoms with Gasteiger partial charge in [-0.3, -0.25) is 4.79 Å². The number of carbonyl (C=O) groups is 1. The van der Waals surface area contributed by atoms with Crippen LogP contribution in [0.2, 0.25) is 0 Å². The highest BCUT2D eigenvalue weighted by molar-refractivity contribution is 7.89. The minimum atomic E-state index is -3.72. The lowest BCUT2D eigenvalue weighted by Crippen LogP contribution is -2.14. The van der Waals surface area contributed by atoms with Crippen molar-refractivity contribution in [2.45, 2.75) is 4.90 Å². The molecule has 0 aliphatic carbocycles. The van der Waals surface area contributed by atoms with E-state index >= 15 is 0 Å². The van der Waals surface area contributed by atoms with Crippen LogP contribution in [-0.2, 0) is 10.0 Å². The molecule has 8 heteroatoms. The van der Waals surface area contributed by atoms with Crippen molar-refractivity contribution in [2.24, 2.45) is 5.14 Å². The van der Waals surface area contributed by atoms with Gasteiger partial charge in [-0.05, 0) is 24.3 Å². The van der Waals surface area contributed by atoms with Crippen molar-refractivity contribution in [1.29, 1.82) is 0 Å². The summed E-state index contributed by atoms with van der Waals surface area (Å²) in [5, 5.41) is 7.53. The molecule has 0 atom stereocenters. The fourth-order valence-corrected chi connectivity index (χ4v) is 1.82. The summed E-state index contributed by atoms with van der Waals surface area (Å²) in [5.74, 6) is -0.365. The van der Waals surface area contributed by atoms with E-state index in [9.17, 15) is 13.2 Å². The monoisotopic (exact) mass is 266 g/mol. The molecular formula is C10H10N4O3S. The van der Waals surface area contributed by atoms with Crippen LogP contribution >= 0.6 is 0 Å². The van der Waals surface area contributed by atoms with Gasteiger partial charge in [-0.15, -0.1) is 0 Å². The molecule has 0 bridgehead atoms. The van der Waals surface area contributed by atoms with E-state index in [1.165, 1.54) is 36.8 Å². The number of benzene rings is 1. The van der Waals surface area contributed by atoms with Gasteiger partial charge in [0.25, 0.3) is 5.91 Å². The Hall–Kier alpha value is -2.19. The van der Waals surface area contributed by atoms with E-state index in [1.807, 2.05) is 0 Å². The van der Waals surface area contributed by atoms with Crippen molar-refractivity contribution < 1.29 is 13.2 Å². The van der Waals surface area contributed by atoms with Gasteiger partial charge in [-0.25, -0.2) is 18.5 Å². The Balaban J connectivity index is 2.14. The first-order valence-electron chi connectivity index (χ1n) is 4.89. The fraction of sp³-hybridized carbons (Fsp3) is 0. The number of carbonyl (C=O) groups excluding carboxylic acids is 1. The zero-order chi connectivity index (χ0) is 13.2. The quantitative estimate of drug-likeness (QED) is 0.740. The average Bonchev–Trinajstić information content (AvgIpc) is 2.82. The third-order valence-electron chi connectivity index (χ3n) is 2.18. The van der Waals surface area contributed by atoms with Gasteiger partial charge in [0.05, 0.1) is 17.4 Å². The zero-order valence-corrected chi connectivity index (χ0v) is 9.94. The highest BCUT2D eigenvalue weighted by Crippen LogP contribution is 2.13. The van der Waals surface area contributed by atoms with Crippen LogP contribution in [-0.4, -0.2) is 24.3 Å². The Morgan fingerprint density at radius 3 is 2.44 bits per heavy atom. The van der Waals surface area contributed by atoms with Crippen LogP contribution in [0.3, 0.4) is 0 Å². The molecule has 94 valence electrons. The second-order valence-corrected chi connectivity index (χ2v) is 5.05. The average molecular weight is 266 g/mol. The van der Waals surface area contributed by atoms with Gasteiger partial charge < -0.3 is 10.3 Å². The molecule has 0 radical (unpaired) electrons. The molecule has 0 saturated heterocycles. The van der Waals surface area contributed by atoms with Crippen molar-refractivity contribution >= 4 is 21.6 Å². The van der Waals surface area contributed by atoms with Crippen LogP contribution in [0.15, 0.2) is 41.7 Å². The largest absolute Gasteiger partial charge is 0.341 e. The van der Waals surface area contributed by atoms with E-state index in [1.54, 1.807) is 0 Å². The maximum atomic E-state index is 11.6. The van der Waals surface area contributed by atoms with Gasteiger partial charge in [0.2, 0.25) is 10.0 Å². The molecule has 1 aromatic carbocycles. The Labute approximate surface area is 103 Å². The van der Waals surface area contributed by atoms with Crippen LogP contribution in [0.1, 0.15) is 10.5 Å². The summed E-state index contributed by atoms with van der Waals surface area (Å²) in [6.07, 6.45) is 2.77. The van der Waals surface area contributed by atoms with Gasteiger partial charge in [0.1, 0.15) is 5.69 Å². The molecule has 1 heterocycles. The summed E-state index contributed by atoms with van der Waals surface area (Å²) >= 11 is 0. The van der Waals surface area contributed by atoms with Crippen LogP contribution in [0, 0.1) is 0 Å². The van der Waals surface area contributed by atoms with E-state index in [4.69, 9.17) is 5.14 Å². The van der Waals surface area contributed by atoms with E-state index < -0.39 is 10.0 Å². The Morgan fingerprint density at radius 2 is 1.94 bits per heavy atom. The number of rotatable bonds is 3. The van der Waals surface area contributed by atoms with E-state index in [-0.39, 0.29) is 10.8 Å². The van der Waals surface area contributed by atoms with Crippen LogP contribution in [0.5, 0.6) is 0 Å². The maximum Gasteiger partial charge on any atom is 0.273 e. The molecule has 0 spiro atoms. The molecule has 18 heavy (non-hydrogen) atoms. The second kappa shape index (κ2) is 4.59. The van der Waals surface area contributed by atoms with Gasteiger partial charge in [-0.2, -0.15) is 0 Å². The molecule has 2 rings (SSSR count). The van der Waals surface area contributed by atoms with Crippen LogP contribution in [0.4, 0.5) is 5.69 Å². The van der Waals surface area contributed by atoms with Crippen molar-refractivity contribution in [3.8, 4) is 0 Å². The number of amides is 1. The van der Waals surface area contributed by atoms with Gasteiger partial charge in [0, 0.05) is 5.69 Å². The number of primary sulfonamides is 1. The third-order valence-corrected chi connectivity index (χ3v) is 3.11. The van der Waals surface area contributed by atoms with Gasteiger partial charge in [-0.1, -0.05) is 0 Å². The Morgan fingerprint density at radius 1 is 1.28 bits per heavy atom. The Kier molecular flexibility index (Phi) is 3.13. The molecule has 7 nitrogen and oxygen atoms in total. The van der Waals surface area contributed by atoms with Crippen LogP contribution in [0.25, 0.3) is 0 Å². The molecule has 0 aliphatic heterocycles. The number of sulfonamides is 1. The molecule has 4 N–H and O–H groups in total. The van der Waals surface area contributed by atoms with E-state index in [0.29, 0.717) is 11.4 Å². The predicted molar refractivity (Wildman–Crippen MR) is 64.4 cm³/mol. The number of nitrogens with zero attached hydrogens (tertiary/aromatic N) is 1. The first kappa shape index (κ1) is 12.3. The first-order valence-corrected chi connectivity index (χ1v) is 6.44. The fourth-order valence-electron chi connectivity index (χ4n) is 1.31. The minimum Gasteiger partial charge on any atom is -0.341 e. The number of aromatic nitrogens is 2. The summed E-state index contributed by atoms with van der Waals surface area (Å²) in [7, 11) is -3.72. The number of hydrogen-bond donors (Lipinski definition) is 3. The minimum absolute atomic E-state index is 0.0120. The molecule has 1 aromatic heterocycles. The van der Waals surface area contributed by atoms with E-state index in [0.717, 1.165) is 0 Å². The molecular weight excluding hydrogens is 256 g/mol. The summed E-state index contributed by atoms with van der Waals surface area (Å²) in [6, 6.07) is 5.54. The first-order chi connectivity index (χ1) is 8.47. The lowest BCUT2D eigenvalue weighted by atomic mass is 10.3. The van der Waals surface area contributed by atoms with Gasteiger partial charge >= 0.3 is 0 Å². The molecule has 0 aliphatic rings. The lowest BCUT2D eigenvalue weighted by molar-refractivity contribution is 0.102. The van der Waals surface area contributed by atoms with Crippen LogP contribution < -0.4 is 10.5 Å². The van der Waals surface area contributed by atoms with E-state index in [2.05, 4.69) is 15.3 Å². The third kappa shape index (κ3) is 2.73. The lowest BCUT2D eigenvalue weighted by Gasteiger charge is -2.04. The highest BCUT2D eigenvalue weighted by atomic mass is 32.2. The van der Waals surface area contributed by atoms with Crippen molar-refractivity contribution in [2.75, 3.05) is 5.32 Å². The highest BCUT2D eigenvalue weighted by Gasteiger charge is 2.09. The Bertz CT molecular complexity index is 647. The maximum absolute atomic E-state index is 11.6. The number of imidazole rings is 1. The van der Waals surface area contributed by atoms with Crippen molar-refractivity contribution in [3.05, 3.63) is 42.5 Å². The number of nitrogens with one attached hydrogen (secondary N) is 2. The number of hydrogen-bond acceptors (Lipinski definition) is 4. The predicted octanol–water partition coefficient (Wildman–Crippen LogP) is 0.309. The summed E-state index contributed by atoms with van der Waals surface area (Å²) in [6.45, 7) is 0. The summed E-state index contributed by atoms with van der Waals surface area (Å²) in [5.41, 5.74) is 0.771. The SMILES string of the molecule is NS(=O)(=O)c1ccc(NC(=O)c2cnc[nH]2)cc1. The standard InChI is InChI=1S/C10H10N4O3S/c11-18(16,17)8-3-1-7(2-4-8)14-10(15)9-5-12-6-13-9/h1-6H,(H,12,13)(H,14,15)(H2,11,16,17). The number of anilines is 1. The number of aromatic amines is 1. The number of H-pyrrole nitrogens is 1. The molecule has 1 amide bonds. The molecule has 2 aromatic rings. The smallest absolute Gasteiger partial charge is 0.273 e. The normalized spacial score (nSPS) is 11.2. The topological polar surface area (TPSA) is 118 Å². The summed E-state index contributed by atoms with van der Waals surface area (Å²) < 4.78 is 22.1. The van der Waals surface area contributed by atoms with Crippen molar-refractivity contribution in [1.82, 2.24) is 9.97 Å². The number of nitrogens with two attached hydrogens (primary N) is 1. The molecule has 0 unspecified atom stereocenters. The second-order valence-electron chi connectivity index (χ2n) is 3.49. The summed E-state index contributed by atoms with van der Waals surface area (Å²) in [4.78, 5) is 18.0. The zero-order valence-electron chi connectivity index (χ0n) is 9.12. The van der Waals surface area contributed by atoms with Crippen molar-refractivity contribution in [3.63, 3.8) is 0 Å².